The third-order valence-electron chi connectivity index (χ3n) is 5.36. The minimum Gasteiger partial charge on any atom is -0.342 e. The van der Waals surface area contributed by atoms with Crippen LogP contribution in [0.25, 0.3) is 0 Å². The average Bonchev–Trinajstić information content (AvgIpc) is 2.75. The van der Waals surface area contributed by atoms with Gasteiger partial charge < -0.3 is 5.32 Å². The number of nitrogens with one attached hydrogen (secondary N) is 1. The molecule has 0 aliphatic rings. The van der Waals surface area contributed by atoms with E-state index in [9.17, 15) is 9.70 Å². The zero-order chi connectivity index (χ0) is 20.9. The Hall–Kier alpha value is -3.27. The summed E-state index contributed by atoms with van der Waals surface area (Å²) in [6.07, 6.45) is 0. The van der Waals surface area contributed by atoms with Gasteiger partial charge in [0.05, 0.1) is 6.04 Å². The summed E-state index contributed by atoms with van der Waals surface area (Å²) < 4.78 is 0. The van der Waals surface area contributed by atoms with Gasteiger partial charge >= 0.3 is 0 Å². The first-order valence-corrected chi connectivity index (χ1v) is 9.71. The number of nitrogens with zero attached hydrogens (tertiary/aromatic N) is 1. The highest BCUT2D eigenvalue weighted by Crippen LogP contribution is 2.51. The second-order valence-electron chi connectivity index (χ2n) is 8.16. The maximum atomic E-state index is 13.1. The monoisotopic (exact) mass is 386 g/mol. The van der Waals surface area contributed by atoms with Crippen LogP contribution in [0.2, 0.25) is 0 Å². The number of amides is 1. The fraction of sp³-hybridized carbons (Fsp3) is 0.240. The Morgan fingerprint density at radius 3 is 1.76 bits per heavy atom. The Morgan fingerprint density at radius 2 is 1.28 bits per heavy atom. The summed E-state index contributed by atoms with van der Waals surface area (Å²) in [5.74, 6) is -0.243. The Bertz CT molecular complexity index is 950. The van der Waals surface area contributed by atoms with Crippen LogP contribution in [0.4, 0.5) is 0 Å². The third kappa shape index (κ3) is 3.97. The van der Waals surface area contributed by atoms with E-state index in [0.717, 1.165) is 11.1 Å². The van der Waals surface area contributed by atoms with Gasteiger partial charge in [-0.25, -0.2) is 0 Å². The van der Waals surface area contributed by atoms with Gasteiger partial charge in [-0.05, 0) is 28.7 Å². The Kier molecular flexibility index (Phi) is 5.92. The first-order valence-electron chi connectivity index (χ1n) is 9.71. The average molecular weight is 386 g/mol. The molecule has 0 aliphatic carbocycles. The van der Waals surface area contributed by atoms with Gasteiger partial charge in [-0.1, -0.05) is 105 Å². The maximum Gasteiger partial charge on any atom is 0.251 e. The standard InChI is InChI=1S/C25H26N2O2/c1-24(2,3)25(27-29,21-17-11-6-12-18-21)22(19-13-7-4-8-14-19)26-23(28)20-15-9-5-10-16-20/h4-18,22H,1-3H3,(H,26,28)/t22-,25+/m1/s1. The van der Waals surface area contributed by atoms with Crippen LogP contribution in [0.1, 0.15) is 48.3 Å². The number of carbonyl (C=O) groups excluding carboxylic acids is 1. The lowest BCUT2D eigenvalue weighted by Crippen LogP contribution is -2.50. The van der Waals surface area contributed by atoms with E-state index in [4.69, 9.17) is 0 Å². The Labute approximate surface area is 172 Å². The minimum absolute atomic E-state index is 0.243. The van der Waals surface area contributed by atoms with Crippen LogP contribution < -0.4 is 5.32 Å². The highest BCUT2D eigenvalue weighted by Gasteiger charge is 2.53. The molecule has 0 saturated heterocycles. The van der Waals surface area contributed by atoms with Crippen LogP contribution in [0, 0.1) is 10.3 Å². The summed E-state index contributed by atoms with van der Waals surface area (Å²) in [5, 5.41) is 6.83. The molecule has 0 unspecified atom stereocenters. The second kappa shape index (κ2) is 8.39. The molecule has 1 amide bonds. The molecule has 0 spiro atoms. The van der Waals surface area contributed by atoms with E-state index in [-0.39, 0.29) is 5.91 Å². The summed E-state index contributed by atoms with van der Waals surface area (Å²) in [4.78, 5) is 25.7. The van der Waals surface area contributed by atoms with Crippen molar-refractivity contribution in [2.45, 2.75) is 32.4 Å². The van der Waals surface area contributed by atoms with Crippen molar-refractivity contribution in [3.05, 3.63) is 113 Å². The van der Waals surface area contributed by atoms with Crippen molar-refractivity contribution in [3.63, 3.8) is 0 Å². The first kappa shape index (κ1) is 20.5. The molecule has 0 bridgehead atoms. The van der Waals surface area contributed by atoms with Crippen molar-refractivity contribution < 1.29 is 4.79 Å². The largest absolute Gasteiger partial charge is 0.342 e. The van der Waals surface area contributed by atoms with Crippen LogP contribution in [0.15, 0.2) is 96.2 Å². The molecule has 3 aromatic rings. The third-order valence-corrected chi connectivity index (χ3v) is 5.36. The number of benzene rings is 3. The first-order chi connectivity index (χ1) is 13.9. The Balaban J connectivity index is 2.19. The lowest BCUT2D eigenvalue weighted by molar-refractivity contribution is 0.0830. The Morgan fingerprint density at radius 1 is 0.793 bits per heavy atom. The highest BCUT2D eigenvalue weighted by molar-refractivity contribution is 5.94. The van der Waals surface area contributed by atoms with Gasteiger partial charge in [0.15, 0.2) is 5.54 Å². The summed E-state index contributed by atoms with van der Waals surface area (Å²) in [6, 6.07) is 27.4. The molecule has 1 N–H and O–H groups in total. The molecule has 2 atom stereocenters. The van der Waals surface area contributed by atoms with E-state index in [1.807, 2.05) is 99.6 Å². The molecule has 4 nitrogen and oxygen atoms in total. The van der Waals surface area contributed by atoms with Crippen molar-refractivity contribution in [3.8, 4) is 0 Å². The molecule has 4 heteroatoms. The summed E-state index contributed by atoms with van der Waals surface area (Å²) >= 11 is 0. The molecule has 0 heterocycles. The van der Waals surface area contributed by atoms with Gasteiger partial charge in [-0.15, -0.1) is 4.91 Å². The van der Waals surface area contributed by atoms with Crippen LogP contribution in [0.3, 0.4) is 0 Å². The molecule has 0 aliphatic heterocycles. The molecule has 0 saturated carbocycles. The quantitative estimate of drug-likeness (QED) is 0.539. The zero-order valence-electron chi connectivity index (χ0n) is 17.0. The van der Waals surface area contributed by atoms with Gasteiger partial charge in [-0.2, -0.15) is 0 Å². The molecule has 0 fully saturated rings. The number of carbonyl (C=O) groups is 1. The lowest BCUT2D eigenvalue weighted by Gasteiger charge is -2.45. The molecule has 3 aromatic carbocycles. The van der Waals surface area contributed by atoms with Crippen molar-refractivity contribution in [2.24, 2.45) is 10.6 Å². The predicted octanol–water partition coefficient (Wildman–Crippen LogP) is 5.87. The van der Waals surface area contributed by atoms with Crippen LogP contribution in [-0.4, -0.2) is 5.91 Å². The molecular formula is C25H26N2O2. The highest BCUT2D eigenvalue weighted by atomic mass is 16.3. The van der Waals surface area contributed by atoms with Crippen molar-refractivity contribution in [1.29, 1.82) is 0 Å². The molecule has 3 rings (SSSR count). The van der Waals surface area contributed by atoms with Gasteiger partial charge in [0, 0.05) is 5.56 Å². The fourth-order valence-electron chi connectivity index (χ4n) is 3.85. The van der Waals surface area contributed by atoms with Crippen molar-refractivity contribution >= 4 is 5.91 Å². The van der Waals surface area contributed by atoms with Gasteiger partial charge in [0.1, 0.15) is 0 Å². The molecule has 0 radical (unpaired) electrons. The van der Waals surface area contributed by atoms with Crippen molar-refractivity contribution in [1.82, 2.24) is 5.32 Å². The molecular weight excluding hydrogens is 360 g/mol. The van der Waals surface area contributed by atoms with Crippen molar-refractivity contribution in [2.75, 3.05) is 0 Å². The number of hydrogen-bond donors (Lipinski definition) is 1. The maximum absolute atomic E-state index is 13.1. The van der Waals surface area contributed by atoms with Crippen LogP contribution in [0.5, 0.6) is 0 Å². The zero-order valence-corrected chi connectivity index (χ0v) is 17.0. The minimum atomic E-state index is -1.21. The van der Waals surface area contributed by atoms with Gasteiger partial charge in [0.25, 0.3) is 5.91 Å². The number of nitroso groups, excluding NO2 is 1. The fourth-order valence-corrected chi connectivity index (χ4v) is 3.85. The predicted molar refractivity (Wildman–Crippen MR) is 116 cm³/mol. The normalized spacial score (nSPS) is 14.4. The smallest absolute Gasteiger partial charge is 0.251 e. The van der Waals surface area contributed by atoms with E-state index in [1.165, 1.54) is 0 Å². The summed E-state index contributed by atoms with van der Waals surface area (Å²) in [7, 11) is 0. The van der Waals surface area contributed by atoms with E-state index in [1.54, 1.807) is 12.1 Å². The summed E-state index contributed by atoms with van der Waals surface area (Å²) in [6.45, 7) is 5.93. The molecule has 29 heavy (non-hydrogen) atoms. The topological polar surface area (TPSA) is 58.5 Å². The second-order valence-corrected chi connectivity index (χ2v) is 8.16. The van der Waals surface area contributed by atoms with Crippen LogP contribution >= 0.6 is 0 Å². The SMILES string of the molecule is CC(C)(C)[C@](N=O)(c1ccccc1)[C@H](NC(=O)c1ccccc1)c1ccccc1. The lowest BCUT2D eigenvalue weighted by atomic mass is 9.64. The van der Waals surface area contributed by atoms with Gasteiger partial charge in [-0.3, -0.25) is 4.79 Å². The van der Waals surface area contributed by atoms with E-state index < -0.39 is 17.0 Å². The number of hydrogen-bond acceptors (Lipinski definition) is 3. The van der Waals surface area contributed by atoms with E-state index in [2.05, 4.69) is 10.5 Å². The summed E-state index contributed by atoms with van der Waals surface area (Å²) in [5.41, 5.74) is 0.357. The number of rotatable bonds is 6. The van der Waals surface area contributed by atoms with E-state index >= 15 is 0 Å². The molecule has 0 aromatic heterocycles. The molecule has 148 valence electrons. The van der Waals surface area contributed by atoms with E-state index in [0.29, 0.717) is 5.56 Å². The van der Waals surface area contributed by atoms with Crippen LogP contribution in [-0.2, 0) is 5.54 Å². The van der Waals surface area contributed by atoms with Gasteiger partial charge in [0.2, 0.25) is 0 Å².